The van der Waals surface area contributed by atoms with Crippen LogP contribution < -0.4 is 0 Å². The summed E-state index contributed by atoms with van der Waals surface area (Å²) in [4.78, 5) is 14.0. The highest BCUT2D eigenvalue weighted by atomic mass is 35.6. The quantitative estimate of drug-likeness (QED) is 0.580. The molecule has 1 heterocycles. The van der Waals surface area contributed by atoms with Crippen LogP contribution in [0.5, 0.6) is 0 Å². The van der Waals surface area contributed by atoms with E-state index in [4.69, 9.17) is 34.8 Å². The molecule has 2 nitrogen and oxygen atoms in total. The first-order valence-electron chi connectivity index (χ1n) is 3.18. The van der Waals surface area contributed by atoms with Crippen molar-refractivity contribution in [3.8, 4) is 0 Å². The Morgan fingerprint density at radius 2 is 2.08 bits per heavy atom. The van der Waals surface area contributed by atoms with Gasteiger partial charge in [0, 0.05) is 6.20 Å². The van der Waals surface area contributed by atoms with E-state index in [-0.39, 0.29) is 0 Å². The van der Waals surface area contributed by atoms with E-state index in [1.165, 1.54) is 0 Å². The number of hydrogen-bond acceptors (Lipinski definition) is 1. The van der Waals surface area contributed by atoms with Crippen molar-refractivity contribution in [2.75, 3.05) is 0 Å². The van der Waals surface area contributed by atoms with Gasteiger partial charge in [-0.15, -0.1) is 0 Å². The molecule has 1 N–H and O–H groups in total. The van der Waals surface area contributed by atoms with Crippen LogP contribution in [0.1, 0.15) is 16.1 Å². The fourth-order valence-corrected chi connectivity index (χ4v) is 1.09. The lowest BCUT2D eigenvalue weighted by molar-refractivity contribution is 0.0992. The van der Waals surface area contributed by atoms with E-state index in [2.05, 4.69) is 4.98 Å². The number of H-pyrrole nitrogens is 1. The van der Waals surface area contributed by atoms with Crippen molar-refractivity contribution in [1.82, 2.24) is 4.98 Å². The SMILES string of the molecule is Cc1c[nH]c(C(=O)C(Cl)(Cl)Cl)c1. The Morgan fingerprint density at radius 1 is 1.50 bits per heavy atom. The summed E-state index contributed by atoms with van der Waals surface area (Å²) in [7, 11) is 0. The highest BCUT2D eigenvalue weighted by Gasteiger charge is 2.32. The second-order valence-electron chi connectivity index (χ2n) is 2.42. The minimum Gasteiger partial charge on any atom is -0.358 e. The molecular weight excluding hydrogens is 220 g/mol. The fraction of sp³-hybridized carbons (Fsp3) is 0.286. The predicted octanol–water partition coefficient (Wildman–Crippen LogP) is 2.88. The summed E-state index contributed by atoms with van der Waals surface area (Å²) in [5.74, 6) is -0.541. The Balaban J connectivity index is 2.93. The van der Waals surface area contributed by atoms with E-state index in [1.54, 1.807) is 12.3 Å². The molecule has 0 amide bonds. The van der Waals surface area contributed by atoms with E-state index in [0.717, 1.165) is 5.56 Å². The topological polar surface area (TPSA) is 32.9 Å². The molecule has 0 aromatic carbocycles. The maximum Gasteiger partial charge on any atom is 0.254 e. The number of aryl methyl sites for hydroxylation is 1. The number of ketones is 1. The summed E-state index contributed by atoms with van der Waals surface area (Å²) in [5.41, 5.74) is 1.24. The van der Waals surface area contributed by atoms with Gasteiger partial charge in [0.1, 0.15) is 0 Å². The largest absolute Gasteiger partial charge is 0.358 e. The number of carbonyl (C=O) groups excluding carboxylic acids is 1. The molecule has 1 aromatic heterocycles. The summed E-state index contributed by atoms with van der Waals surface area (Å²) in [6.45, 7) is 1.84. The predicted molar refractivity (Wildman–Crippen MR) is 50.2 cm³/mol. The molecule has 0 spiro atoms. The van der Waals surface area contributed by atoms with Crippen LogP contribution in [0.25, 0.3) is 0 Å². The molecule has 12 heavy (non-hydrogen) atoms. The second-order valence-corrected chi connectivity index (χ2v) is 4.70. The van der Waals surface area contributed by atoms with E-state index in [9.17, 15) is 4.79 Å². The number of halogens is 3. The van der Waals surface area contributed by atoms with Gasteiger partial charge in [0.05, 0.1) is 5.69 Å². The first-order valence-corrected chi connectivity index (χ1v) is 4.31. The van der Waals surface area contributed by atoms with Crippen molar-refractivity contribution >= 4 is 40.6 Å². The van der Waals surface area contributed by atoms with Gasteiger partial charge >= 0.3 is 0 Å². The molecule has 1 rings (SSSR count). The smallest absolute Gasteiger partial charge is 0.254 e. The summed E-state index contributed by atoms with van der Waals surface area (Å²) in [6.07, 6.45) is 1.67. The third kappa shape index (κ3) is 2.16. The van der Waals surface area contributed by atoms with E-state index in [1.807, 2.05) is 6.92 Å². The lowest BCUT2D eigenvalue weighted by Gasteiger charge is -2.06. The standard InChI is InChI=1S/C7H6Cl3NO/c1-4-2-5(11-3-4)6(12)7(8,9)10/h2-3,11H,1H3. The van der Waals surface area contributed by atoms with Crippen LogP contribution in [-0.2, 0) is 0 Å². The molecule has 0 aliphatic rings. The number of rotatable bonds is 1. The van der Waals surface area contributed by atoms with Gasteiger partial charge in [-0.1, -0.05) is 34.8 Å². The summed E-state index contributed by atoms with van der Waals surface area (Å²) < 4.78 is -1.88. The maximum atomic E-state index is 11.3. The molecule has 0 saturated carbocycles. The third-order valence-corrected chi connectivity index (χ3v) is 1.84. The van der Waals surface area contributed by atoms with Crippen LogP contribution in [0.4, 0.5) is 0 Å². The summed E-state index contributed by atoms with van der Waals surface area (Å²) in [6, 6.07) is 1.63. The van der Waals surface area contributed by atoms with Gasteiger partial charge in [0.15, 0.2) is 0 Å². The van der Waals surface area contributed by atoms with Crippen LogP contribution in [0.2, 0.25) is 0 Å². The number of aromatic nitrogens is 1. The van der Waals surface area contributed by atoms with Gasteiger partial charge < -0.3 is 4.98 Å². The molecular formula is C7H6Cl3NO. The highest BCUT2D eigenvalue weighted by Crippen LogP contribution is 2.30. The molecule has 5 heteroatoms. The van der Waals surface area contributed by atoms with Gasteiger partial charge in [-0.3, -0.25) is 4.79 Å². The van der Waals surface area contributed by atoms with Crippen molar-refractivity contribution in [3.05, 3.63) is 23.5 Å². The van der Waals surface area contributed by atoms with Crippen molar-refractivity contribution < 1.29 is 4.79 Å². The summed E-state index contributed by atoms with van der Waals surface area (Å²) >= 11 is 16.2. The molecule has 0 aliphatic heterocycles. The Hall–Kier alpha value is -0.180. The van der Waals surface area contributed by atoms with Gasteiger partial charge in [0.25, 0.3) is 3.79 Å². The van der Waals surface area contributed by atoms with Gasteiger partial charge in [-0.05, 0) is 18.6 Å². The van der Waals surface area contributed by atoms with Crippen molar-refractivity contribution in [1.29, 1.82) is 0 Å². The number of alkyl halides is 3. The van der Waals surface area contributed by atoms with Gasteiger partial charge in [-0.2, -0.15) is 0 Å². The molecule has 0 aliphatic carbocycles. The minimum atomic E-state index is -1.88. The Labute approximate surface area is 84.8 Å². The zero-order valence-electron chi connectivity index (χ0n) is 6.20. The van der Waals surface area contributed by atoms with E-state index >= 15 is 0 Å². The lowest BCUT2D eigenvalue weighted by atomic mass is 10.3. The molecule has 0 saturated heterocycles. The number of aromatic amines is 1. The average molecular weight is 226 g/mol. The number of Topliss-reactive ketones (excluding diaryl/α,β-unsaturated/α-hetero) is 1. The van der Waals surface area contributed by atoms with Crippen LogP contribution in [0.15, 0.2) is 12.3 Å². The van der Waals surface area contributed by atoms with Gasteiger partial charge in [-0.25, -0.2) is 0 Å². The fourth-order valence-electron chi connectivity index (χ4n) is 0.786. The second kappa shape index (κ2) is 3.29. The van der Waals surface area contributed by atoms with Crippen molar-refractivity contribution in [3.63, 3.8) is 0 Å². The molecule has 0 radical (unpaired) electrons. The van der Waals surface area contributed by atoms with Crippen LogP contribution in [0, 0.1) is 6.92 Å². The Morgan fingerprint density at radius 3 is 2.42 bits per heavy atom. The number of hydrogen-bond donors (Lipinski definition) is 1. The maximum absolute atomic E-state index is 11.3. The molecule has 0 atom stereocenters. The van der Waals surface area contributed by atoms with Crippen LogP contribution in [-0.4, -0.2) is 14.6 Å². The summed E-state index contributed by atoms with van der Waals surface area (Å²) in [5, 5.41) is 0. The number of nitrogens with one attached hydrogen (secondary N) is 1. The first kappa shape index (κ1) is 9.90. The monoisotopic (exact) mass is 225 g/mol. The Kier molecular flexibility index (Phi) is 2.71. The van der Waals surface area contributed by atoms with Crippen molar-refractivity contribution in [2.45, 2.75) is 10.7 Å². The van der Waals surface area contributed by atoms with E-state index in [0.29, 0.717) is 5.69 Å². The average Bonchev–Trinajstić information content (AvgIpc) is 2.32. The molecule has 66 valence electrons. The lowest BCUT2D eigenvalue weighted by Crippen LogP contribution is -2.19. The zero-order chi connectivity index (χ0) is 9.35. The normalized spacial score (nSPS) is 11.7. The third-order valence-electron chi connectivity index (χ3n) is 1.33. The number of carbonyl (C=O) groups is 1. The first-order chi connectivity index (χ1) is 5.41. The van der Waals surface area contributed by atoms with Gasteiger partial charge in [0.2, 0.25) is 5.78 Å². The van der Waals surface area contributed by atoms with E-state index < -0.39 is 9.58 Å². The minimum absolute atomic E-state index is 0.313. The molecule has 0 bridgehead atoms. The molecule has 0 fully saturated rings. The van der Waals surface area contributed by atoms with Crippen LogP contribution in [0.3, 0.4) is 0 Å². The zero-order valence-corrected chi connectivity index (χ0v) is 8.46. The molecule has 1 aromatic rings. The van der Waals surface area contributed by atoms with Crippen molar-refractivity contribution in [2.24, 2.45) is 0 Å². The molecule has 0 unspecified atom stereocenters. The van der Waals surface area contributed by atoms with Crippen LogP contribution >= 0.6 is 34.8 Å². The highest BCUT2D eigenvalue weighted by molar-refractivity contribution is 6.77. The Bertz CT molecular complexity index is 300.